The van der Waals surface area contributed by atoms with Gasteiger partial charge in [-0.1, -0.05) is 29.3 Å². The molecule has 2 atom stereocenters. The normalized spacial score (nSPS) is 21.0. The van der Waals surface area contributed by atoms with E-state index in [1.807, 2.05) is 49.1 Å². The van der Waals surface area contributed by atoms with Gasteiger partial charge >= 0.3 is 0 Å². The second kappa shape index (κ2) is 7.39. The van der Waals surface area contributed by atoms with Crippen LogP contribution in [0, 0.1) is 0 Å². The number of imidazole rings is 1. The molecular weight excluding hydrogens is 367 g/mol. The van der Waals surface area contributed by atoms with Gasteiger partial charge < -0.3 is 9.47 Å². The van der Waals surface area contributed by atoms with Crippen molar-refractivity contribution >= 4 is 23.2 Å². The number of aromatic nitrogens is 3. The molecule has 2 unspecified atom stereocenters. The van der Waals surface area contributed by atoms with Crippen LogP contribution in [0.25, 0.3) is 5.69 Å². The van der Waals surface area contributed by atoms with Gasteiger partial charge in [0, 0.05) is 48.9 Å². The molecule has 2 aromatic heterocycles. The highest BCUT2D eigenvalue weighted by molar-refractivity contribution is 6.42. The minimum Gasteiger partial charge on any atom is -0.306 e. The third kappa shape index (κ3) is 3.37. The monoisotopic (exact) mass is 386 g/mol. The Bertz CT molecular complexity index is 894. The first-order chi connectivity index (χ1) is 12.6. The number of halogens is 2. The third-order valence-corrected chi connectivity index (χ3v) is 5.87. The van der Waals surface area contributed by atoms with Gasteiger partial charge in [-0.15, -0.1) is 0 Å². The molecular formula is C20H20Cl2N4. The largest absolute Gasteiger partial charge is 0.306 e. The molecule has 1 aliphatic heterocycles. The summed E-state index contributed by atoms with van der Waals surface area (Å²) in [6.45, 7) is 2.01. The summed E-state index contributed by atoms with van der Waals surface area (Å²) in [5.74, 6) is 1.71. The molecule has 1 aromatic carbocycles. The molecule has 1 fully saturated rings. The van der Waals surface area contributed by atoms with Crippen LogP contribution in [0.4, 0.5) is 0 Å². The molecule has 4 rings (SSSR count). The van der Waals surface area contributed by atoms with E-state index in [9.17, 15) is 0 Å². The van der Waals surface area contributed by atoms with Gasteiger partial charge in [-0.3, -0.25) is 4.98 Å². The maximum absolute atomic E-state index is 6.30. The maximum Gasteiger partial charge on any atom is 0.117 e. The molecule has 0 aliphatic carbocycles. The number of rotatable bonds is 3. The molecule has 0 spiro atoms. The second-order valence-corrected chi connectivity index (χ2v) is 7.61. The number of pyridine rings is 1. The van der Waals surface area contributed by atoms with Crippen LogP contribution >= 0.6 is 23.2 Å². The van der Waals surface area contributed by atoms with Gasteiger partial charge in [-0.25, -0.2) is 4.98 Å². The molecule has 3 aromatic rings. The molecule has 0 N–H and O–H groups in total. The first kappa shape index (κ1) is 17.5. The van der Waals surface area contributed by atoms with E-state index < -0.39 is 0 Å². The van der Waals surface area contributed by atoms with E-state index in [1.54, 1.807) is 0 Å². The third-order valence-electron chi connectivity index (χ3n) is 5.13. The summed E-state index contributed by atoms with van der Waals surface area (Å²) >= 11 is 12.4. The fourth-order valence-corrected chi connectivity index (χ4v) is 4.12. The number of nitrogens with zero attached hydrogens (tertiary/aromatic N) is 4. The lowest BCUT2D eigenvalue weighted by Gasteiger charge is -2.37. The lowest BCUT2D eigenvalue weighted by Crippen LogP contribution is -2.36. The lowest BCUT2D eigenvalue weighted by atomic mass is 9.80. The minimum absolute atomic E-state index is 0.312. The van der Waals surface area contributed by atoms with E-state index >= 15 is 0 Å². The zero-order valence-electron chi connectivity index (χ0n) is 14.5. The van der Waals surface area contributed by atoms with Crippen molar-refractivity contribution in [3.05, 3.63) is 76.6 Å². The second-order valence-electron chi connectivity index (χ2n) is 6.80. The Hall–Kier alpha value is -1.88. The van der Waals surface area contributed by atoms with Gasteiger partial charge in [0.25, 0.3) is 0 Å². The van der Waals surface area contributed by atoms with Crippen molar-refractivity contribution < 1.29 is 0 Å². The van der Waals surface area contributed by atoms with E-state index in [4.69, 9.17) is 28.2 Å². The quantitative estimate of drug-likeness (QED) is 0.649. The van der Waals surface area contributed by atoms with Crippen molar-refractivity contribution in [1.82, 2.24) is 19.4 Å². The predicted molar refractivity (Wildman–Crippen MR) is 105 cm³/mol. The standard InChI is InChI=1S/C20H20Cl2N4/c1-25-10-6-16(17(13-25)14-2-3-18(21)19(22)12-14)20-24-9-11-26(20)15-4-7-23-8-5-15/h2-5,7-9,11-12,16-17H,6,10,13H2,1H3. The molecule has 1 saturated heterocycles. The molecule has 0 saturated carbocycles. The lowest BCUT2D eigenvalue weighted by molar-refractivity contribution is 0.222. The van der Waals surface area contributed by atoms with Crippen LogP contribution in [-0.2, 0) is 0 Å². The Labute approximate surface area is 163 Å². The van der Waals surface area contributed by atoms with Crippen LogP contribution < -0.4 is 0 Å². The number of hydrogen-bond acceptors (Lipinski definition) is 3. The van der Waals surface area contributed by atoms with Gasteiger partial charge in [-0.05, 0) is 49.8 Å². The fraction of sp³-hybridized carbons (Fsp3) is 0.300. The Morgan fingerprint density at radius 1 is 1.00 bits per heavy atom. The number of piperidine rings is 1. The summed E-state index contributed by atoms with van der Waals surface area (Å²) in [5.41, 5.74) is 2.29. The number of likely N-dealkylation sites (tertiary alicyclic amines) is 1. The van der Waals surface area contributed by atoms with Crippen LogP contribution in [0.15, 0.2) is 55.1 Å². The summed E-state index contributed by atoms with van der Waals surface area (Å²) in [5, 5.41) is 1.20. The average molecular weight is 387 g/mol. The summed E-state index contributed by atoms with van der Waals surface area (Å²) in [6, 6.07) is 9.99. The van der Waals surface area contributed by atoms with Crippen LogP contribution in [0.3, 0.4) is 0 Å². The van der Waals surface area contributed by atoms with Crippen LogP contribution in [0.1, 0.15) is 29.6 Å². The molecule has 0 radical (unpaired) electrons. The van der Waals surface area contributed by atoms with E-state index in [0.29, 0.717) is 21.9 Å². The summed E-state index contributed by atoms with van der Waals surface area (Å²) in [4.78, 5) is 11.2. The fourth-order valence-electron chi connectivity index (χ4n) is 3.82. The summed E-state index contributed by atoms with van der Waals surface area (Å²) in [6.07, 6.45) is 8.56. The van der Waals surface area contributed by atoms with Crippen molar-refractivity contribution in [3.63, 3.8) is 0 Å². The van der Waals surface area contributed by atoms with Crippen LogP contribution in [-0.4, -0.2) is 39.6 Å². The van der Waals surface area contributed by atoms with Gasteiger partial charge in [0.1, 0.15) is 5.82 Å². The van der Waals surface area contributed by atoms with Gasteiger partial charge in [0.15, 0.2) is 0 Å². The van der Waals surface area contributed by atoms with Crippen LogP contribution in [0.5, 0.6) is 0 Å². The molecule has 26 heavy (non-hydrogen) atoms. The van der Waals surface area contributed by atoms with Gasteiger partial charge in [0.05, 0.1) is 10.0 Å². The van der Waals surface area contributed by atoms with E-state index in [-0.39, 0.29) is 0 Å². The smallest absolute Gasteiger partial charge is 0.117 e. The molecule has 0 amide bonds. The van der Waals surface area contributed by atoms with Crippen molar-refractivity contribution in [2.75, 3.05) is 20.1 Å². The van der Waals surface area contributed by atoms with Crippen molar-refractivity contribution in [2.24, 2.45) is 0 Å². The Morgan fingerprint density at radius 2 is 1.81 bits per heavy atom. The van der Waals surface area contributed by atoms with Gasteiger partial charge in [-0.2, -0.15) is 0 Å². The molecule has 1 aliphatic rings. The molecule has 3 heterocycles. The first-order valence-electron chi connectivity index (χ1n) is 8.70. The van der Waals surface area contributed by atoms with Crippen molar-refractivity contribution in [3.8, 4) is 5.69 Å². The SMILES string of the molecule is CN1CCC(c2nccn2-c2ccncc2)C(c2ccc(Cl)c(Cl)c2)C1. The zero-order chi connectivity index (χ0) is 18.1. The summed E-state index contributed by atoms with van der Waals surface area (Å²) in [7, 11) is 2.16. The predicted octanol–water partition coefficient (Wildman–Crippen LogP) is 4.78. The molecule has 4 nitrogen and oxygen atoms in total. The molecule has 0 bridgehead atoms. The average Bonchev–Trinajstić information content (AvgIpc) is 3.14. The highest BCUT2D eigenvalue weighted by Gasteiger charge is 2.33. The van der Waals surface area contributed by atoms with E-state index in [1.165, 1.54) is 5.56 Å². The van der Waals surface area contributed by atoms with E-state index in [0.717, 1.165) is 31.0 Å². The molecule has 134 valence electrons. The van der Waals surface area contributed by atoms with Gasteiger partial charge in [0.2, 0.25) is 0 Å². The van der Waals surface area contributed by atoms with Crippen LogP contribution in [0.2, 0.25) is 10.0 Å². The highest BCUT2D eigenvalue weighted by atomic mass is 35.5. The Morgan fingerprint density at radius 3 is 2.58 bits per heavy atom. The molecule has 6 heteroatoms. The maximum atomic E-state index is 6.30. The van der Waals surface area contributed by atoms with Crippen molar-refractivity contribution in [1.29, 1.82) is 0 Å². The highest BCUT2D eigenvalue weighted by Crippen LogP contribution is 2.40. The Balaban J connectivity index is 1.75. The number of likely N-dealkylation sites (N-methyl/N-ethyl adjacent to an activating group) is 1. The zero-order valence-corrected chi connectivity index (χ0v) is 16.0. The van der Waals surface area contributed by atoms with Crippen molar-refractivity contribution in [2.45, 2.75) is 18.3 Å². The van der Waals surface area contributed by atoms with E-state index in [2.05, 4.69) is 27.6 Å². The summed E-state index contributed by atoms with van der Waals surface area (Å²) < 4.78 is 2.17. The Kier molecular flexibility index (Phi) is 4.98. The number of hydrogen-bond donors (Lipinski definition) is 0. The minimum atomic E-state index is 0.312. The first-order valence-corrected chi connectivity index (χ1v) is 9.46. The topological polar surface area (TPSA) is 34.0 Å². The number of benzene rings is 1.